The molecule has 0 N–H and O–H groups in total. The zero-order chi connectivity index (χ0) is 37.6. The minimum atomic E-state index is -0.759. The van der Waals surface area contributed by atoms with Crippen molar-refractivity contribution in [2.45, 2.75) is 246 Å². The molecule has 0 fully saturated rings. The van der Waals surface area contributed by atoms with Crippen LogP contribution in [0.2, 0.25) is 0 Å². The van der Waals surface area contributed by atoms with E-state index in [1.807, 2.05) is 0 Å². The van der Waals surface area contributed by atoms with E-state index in [-0.39, 0.29) is 31.1 Å². The fraction of sp³-hybridized carbons (Fsp3) is 0.933. The molecule has 0 unspecified atom stereocenters. The molecule has 0 bridgehead atoms. The van der Waals surface area contributed by atoms with Crippen molar-refractivity contribution in [2.24, 2.45) is 11.8 Å². The van der Waals surface area contributed by atoms with Gasteiger partial charge in [-0.2, -0.15) is 0 Å². The lowest BCUT2D eigenvalue weighted by molar-refractivity contribution is -0.167. The van der Waals surface area contributed by atoms with Crippen LogP contribution in [0.5, 0.6) is 0 Å². The number of hydrogen-bond donors (Lipinski definition) is 0. The molecule has 0 aliphatic rings. The Morgan fingerprint density at radius 3 is 0.961 bits per heavy atom. The summed E-state index contributed by atoms with van der Waals surface area (Å²) in [6.45, 7) is 11.2. The molecule has 0 aliphatic carbocycles. The number of hydrogen-bond acceptors (Lipinski definition) is 6. The maximum atomic E-state index is 12.7. The summed E-state index contributed by atoms with van der Waals surface area (Å²) in [6, 6.07) is 0. The van der Waals surface area contributed by atoms with Crippen LogP contribution in [0.15, 0.2) is 0 Å². The van der Waals surface area contributed by atoms with Crippen molar-refractivity contribution in [1.82, 2.24) is 0 Å². The Morgan fingerprint density at radius 1 is 0.373 bits per heavy atom. The molecule has 0 aromatic heterocycles. The van der Waals surface area contributed by atoms with Gasteiger partial charge in [-0.15, -0.1) is 0 Å². The zero-order valence-electron chi connectivity index (χ0n) is 34.7. The van der Waals surface area contributed by atoms with E-state index >= 15 is 0 Å². The van der Waals surface area contributed by atoms with Crippen LogP contribution in [0, 0.1) is 11.8 Å². The molecular formula is C45H86O6. The van der Waals surface area contributed by atoms with Crippen LogP contribution in [-0.2, 0) is 28.6 Å². The van der Waals surface area contributed by atoms with Crippen molar-refractivity contribution in [1.29, 1.82) is 0 Å². The van der Waals surface area contributed by atoms with Crippen LogP contribution in [0.1, 0.15) is 240 Å². The first-order chi connectivity index (χ1) is 24.7. The molecule has 1 atom stereocenters. The van der Waals surface area contributed by atoms with Gasteiger partial charge in [0.15, 0.2) is 6.10 Å². The summed E-state index contributed by atoms with van der Waals surface area (Å²) in [5.41, 5.74) is 0. The first kappa shape index (κ1) is 49.4. The standard InChI is InChI=1S/C45H86O6/c1-6-7-8-9-18-25-30-35-43(46)49-38-42(39-50-44(47)36-31-26-22-21-24-29-34-41(4)5)51-45(48)37-32-27-20-17-15-13-11-10-12-14-16-19-23-28-33-40(2)3/h40-42H,6-39H2,1-5H3/t42-/m0/s1. The third kappa shape index (κ3) is 39.5. The highest BCUT2D eigenvalue weighted by atomic mass is 16.6. The van der Waals surface area contributed by atoms with Crippen molar-refractivity contribution in [3.63, 3.8) is 0 Å². The van der Waals surface area contributed by atoms with Gasteiger partial charge < -0.3 is 14.2 Å². The number of unbranched alkanes of at least 4 members (excludes halogenated alkanes) is 24. The monoisotopic (exact) mass is 723 g/mol. The van der Waals surface area contributed by atoms with Crippen LogP contribution in [0.4, 0.5) is 0 Å². The molecule has 0 spiro atoms. The van der Waals surface area contributed by atoms with Crippen molar-refractivity contribution in [3.8, 4) is 0 Å². The van der Waals surface area contributed by atoms with E-state index in [0.29, 0.717) is 19.3 Å². The molecule has 302 valence electrons. The Kier molecular flexibility index (Phi) is 37.0. The summed E-state index contributed by atoms with van der Waals surface area (Å²) < 4.78 is 16.6. The molecule has 0 aliphatic heterocycles. The second-order valence-electron chi connectivity index (χ2n) is 16.3. The van der Waals surface area contributed by atoms with Crippen LogP contribution in [-0.4, -0.2) is 37.2 Å². The Balaban J connectivity index is 4.23. The van der Waals surface area contributed by atoms with Gasteiger partial charge in [0.25, 0.3) is 0 Å². The fourth-order valence-electron chi connectivity index (χ4n) is 6.58. The van der Waals surface area contributed by atoms with E-state index in [2.05, 4.69) is 34.6 Å². The van der Waals surface area contributed by atoms with Crippen molar-refractivity contribution in [3.05, 3.63) is 0 Å². The first-order valence-corrected chi connectivity index (χ1v) is 22.2. The second-order valence-corrected chi connectivity index (χ2v) is 16.3. The molecule has 0 aromatic rings. The molecule has 0 rings (SSSR count). The molecule has 51 heavy (non-hydrogen) atoms. The Hall–Kier alpha value is -1.59. The maximum Gasteiger partial charge on any atom is 0.306 e. The van der Waals surface area contributed by atoms with Gasteiger partial charge in [0.1, 0.15) is 13.2 Å². The van der Waals surface area contributed by atoms with Crippen LogP contribution in [0.25, 0.3) is 0 Å². The summed E-state index contributed by atoms with van der Waals surface area (Å²) in [5, 5.41) is 0. The third-order valence-electron chi connectivity index (χ3n) is 9.97. The first-order valence-electron chi connectivity index (χ1n) is 22.2. The Labute approximate surface area is 317 Å². The van der Waals surface area contributed by atoms with Crippen LogP contribution in [0.3, 0.4) is 0 Å². The van der Waals surface area contributed by atoms with Crippen LogP contribution < -0.4 is 0 Å². The van der Waals surface area contributed by atoms with Gasteiger partial charge in [0.05, 0.1) is 0 Å². The number of rotatable bonds is 39. The van der Waals surface area contributed by atoms with Gasteiger partial charge in [-0.25, -0.2) is 0 Å². The summed E-state index contributed by atoms with van der Waals surface area (Å²) in [5.74, 6) is 0.738. The molecule has 6 nitrogen and oxygen atoms in total. The quantitative estimate of drug-likeness (QED) is 0.0357. The average molecular weight is 723 g/mol. The lowest BCUT2D eigenvalue weighted by Crippen LogP contribution is -2.30. The average Bonchev–Trinajstić information content (AvgIpc) is 3.09. The van der Waals surface area contributed by atoms with Crippen molar-refractivity contribution in [2.75, 3.05) is 13.2 Å². The normalized spacial score (nSPS) is 12.1. The molecule has 0 aromatic carbocycles. The Bertz CT molecular complexity index is 779. The largest absolute Gasteiger partial charge is 0.462 e. The highest BCUT2D eigenvalue weighted by Gasteiger charge is 2.19. The van der Waals surface area contributed by atoms with Crippen LogP contribution >= 0.6 is 0 Å². The number of esters is 3. The summed E-state index contributed by atoms with van der Waals surface area (Å²) in [7, 11) is 0. The summed E-state index contributed by atoms with van der Waals surface area (Å²) in [4.78, 5) is 37.5. The van der Waals surface area contributed by atoms with E-state index in [9.17, 15) is 14.4 Å². The molecule has 0 radical (unpaired) electrons. The summed E-state index contributed by atoms with van der Waals surface area (Å²) >= 11 is 0. The van der Waals surface area contributed by atoms with Gasteiger partial charge in [-0.1, -0.05) is 202 Å². The zero-order valence-corrected chi connectivity index (χ0v) is 34.7. The SMILES string of the molecule is CCCCCCCCCC(=O)OC[C@@H](COC(=O)CCCCCCCCC(C)C)OC(=O)CCCCCCCCCCCCCCCCC(C)C. The van der Waals surface area contributed by atoms with Crippen molar-refractivity contribution < 1.29 is 28.6 Å². The Morgan fingerprint density at radius 2 is 0.647 bits per heavy atom. The van der Waals surface area contributed by atoms with E-state index in [0.717, 1.165) is 69.6 Å². The topological polar surface area (TPSA) is 78.9 Å². The minimum absolute atomic E-state index is 0.0664. The highest BCUT2D eigenvalue weighted by Crippen LogP contribution is 2.16. The predicted molar refractivity (Wildman–Crippen MR) is 215 cm³/mol. The predicted octanol–water partition coefficient (Wildman–Crippen LogP) is 13.8. The molecule has 0 heterocycles. The lowest BCUT2D eigenvalue weighted by Gasteiger charge is -2.18. The van der Waals surface area contributed by atoms with E-state index in [4.69, 9.17) is 14.2 Å². The fourth-order valence-corrected chi connectivity index (χ4v) is 6.58. The second kappa shape index (κ2) is 38.1. The number of carbonyl (C=O) groups excluding carboxylic acids is 3. The highest BCUT2D eigenvalue weighted by molar-refractivity contribution is 5.71. The number of carbonyl (C=O) groups is 3. The van der Waals surface area contributed by atoms with Gasteiger partial charge in [-0.3, -0.25) is 14.4 Å². The molecular weight excluding hydrogens is 636 g/mol. The van der Waals surface area contributed by atoms with Gasteiger partial charge in [0.2, 0.25) is 0 Å². The van der Waals surface area contributed by atoms with Gasteiger partial charge in [-0.05, 0) is 31.1 Å². The molecule has 0 saturated heterocycles. The van der Waals surface area contributed by atoms with E-state index in [1.165, 1.54) is 128 Å². The maximum absolute atomic E-state index is 12.7. The molecule has 0 saturated carbocycles. The summed E-state index contributed by atoms with van der Waals surface area (Å²) in [6.07, 6.45) is 35.4. The van der Waals surface area contributed by atoms with E-state index < -0.39 is 6.10 Å². The van der Waals surface area contributed by atoms with Gasteiger partial charge in [0, 0.05) is 19.3 Å². The van der Waals surface area contributed by atoms with Gasteiger partial charge >= 0.3 is 17.9 Å². The molecule has 6 heteroatoms. The minimum Gasteiger partial charge on any atom is -0.462 e. The smallest absolute Gasteiger partial charge is 0.306 e. The third-order valence-corrected chi connectivity index (χ3v) is 9.97. The number of ether oxygens (including phenoxy) is 3. The van der Waals surface area contributed by atoms with E-state index in [1.54, 1.807) is 0 Å². The lowest BCUT2D eigenvalue weighted by atomic mass is 10.0. The van der Waals surface area contributed by atoms with Crippen molar-refractivity contribution >= 4 is 17.9 Å². The molecule has 0 amide bonds.